The van der Waals surface area contributed by atoms with Crippen molar-refractivity contribution in [1.82, 2.24) is 29.7 Å². The first-order valence-corrected chi connectivity index (χ1v) is 12.1. The van der Waals surface area contributed by atoms with E-state index in [9.17, 15) is 4.79 Å². The molecule has 4 heterocycles. The van der Waals surface area contributed by atoms with Crippen LogP contribution in [0.5, 0.6) is 0 Å². The molecule has 2 aromatic heterocycles. The highest BCUT2D eigenvalue weighted by molar-refractivity contribution is 6.10. The van der Waals surface area contributed by atoms with E-state index in [1.165, 1.54) is 0 Å². The van der Waals surface area contributed by atoms with Gasteiger partial charge in [0.1, 0.15) is 16.9 Å². The SMILES string of the molecule is Nc1c(C(=O)NCCN2CCOCC2)c2nc3ccccc3nc2n1CCCN1CCOCC1. The Labute approximate surface area is 199 Å². The zero-order valence-electron chi connectivity index (χ0n) is 19.5. The van der Waals surface area contributed by atoms with Crippen molar-refractivity contribution >= 4 is 33.9 Å². The maximum Gasteiger partial charge on any atom is 0.257 e. The van der Waals surface area contributed by atoms with Crippen LogP contribution in [0, 0.1) is 0 Å². The van der Waals surface area contributed by atoms with E-state index < -0.39 is 0 Å². The zero-order valence-corrected chi connectivity index (χ0v) is 19.5. The lowest BCUT2D eigenvalue weighted by atomic mass is 10.2. The summed E-state index contributed by atoms with van der Waals surface area (Å²) in [6.45, 7) is 9.65. The Hall–Kier alpha value is -2.79. The molecule has 0 saturated carbocycles. The van der Waals surface area contributed by atoms with Crippen LogP contribution in [0.1, 0.15) is 16.8 Å². The van der Waals surface area contributed by atoms with Gasteiger partial charge in [0.25, 0.3) is 5.91 Å². The predicted octanol–water partition coefficient (Wildman–Crippen LogP) is 0.951. The van der Waals surface area contributed by atoms with Crippen molar-refractivity contribution in [3.8, 4) is 0 Å². The van der Waals surface area contributed by atoms with E-state index in [4.69, 9.17) is 25.2 Å². The van der Waals surface area contributed by atoms with E-state index in [1.54, 1.807) is 0 Å². The minimum absolute atomic E-state index is 0.202. The van der Waals surface area contributed by atoms with Gasteiger partial charge in [-0.2, -0.15) is 0 Å². The third kappa shape index (κ3) is 5.00. The molecule has 0 spiro atoms. The Kier molecular flexibility index (Phi) is 7.19. The van der Waals surface area contributed by atoms with Crippen LogP contribution in [0.3, 0.4) is 0 Å². The summed E-state index contributed by atoms with van der Waals surface area (Å²) in [4.78, 5) is 27.6. The molecule has 10 heteroatoms. The fraction of sp³-hybridized carbons (Fsp3) is 0.542. The number of nitrogen functional groups attached to an aromatic ring is 1. The summed E-state index contributed by atoms with van der Waals surface area (Å²) in [7, 11) is 0. The number of hydrogen-bond donors (Lipinski definition) is 2. The number of aromatic nitrogens is 3. The van der Waals surface area contributed by atoms with Crippen LogP contribution in [-0.4, -0.2) is 102 Å². The Balaban J connectivity index is 1.37. The standard InChI is InChI=1S/C24H33N7O3/c25-22-20(24(32)26-6-9-30-12-16-34-17-13-30)21-23(28-19-5-2-1-4-18(19)27-21)31(22)8-3-7-29-10-14-33-15-11-29/h1-2,4-5H,3,6-17,25H2,(H,26,32). The van der Waals surface area contributed by atoms with Crippen molar-refractivity contribution in [3.63, 3.8) is 0 Å². The van der Waals surface area contributed by atoms with Gasteiger partial charge in [0, 0.05) is 52.4 Å². The summed E-state index contributed by atoms with van der Waals surface area (Å²) in [6.07, 6.45) is 0.903. The van der Waals surface area contributed by atoms with Gasteiger partial charge in [0.15, 0.2) is 5.65 Å². The molecule has 3 aromatic rings. The Morgan fingerprint density at radius 3 is 2.21 bits per heavy atom. The fourth-order valence-electron chi connectivity index (χ4n) is 4.69. The molecule has 2 aliphatic rings. The quantitative estimate of drug-likeness (QED) is 0.504. The second-order valence-electron chi connectivity index (χ2n) is 8.81. The lowest BCUT2D eigenvalue weighted by Gasteiger charge is -2.26. The second-order valence-corrected chi connectivity index (χ2v) is 8.81. The van der Waals surface area contributed by atoms with Crippen molar-refractivity contribution < 1.29 is 14.3 Å². The normalized spacial score (nSPS) is 18.0. The molecule has 0 unspecified atom stereocenters. The first-order chi connectivity index (χ1) is 16.7. The number of anilines is 1. The van der Waals surface area contributed by atoms with Gasteiger partial charge in [0.2, 0.25) is 0 Å². The molecule has 0 aliphatic carbocycles. The summed E-state index contributed by atoms with van der Waals surface area (Å²) in [5.41, 5.74) is 9.76. The van der Waals surface area contributed by atoms with Gasteiger partial charge in [-0.1, -0.05) is 12.1 Å². The number of hydrogen-bond acceptors (Lipinski definition) is 8. The van der Waals surface area contributed by atoms with E-state index in [1.807, 2.05) is 28.8 Å². The number of benzene rings is 1. The van der Waals surface area contributed by atoms with Crippen LogP contribution in [-0.2, 0) is 16.0 Å². The molecule has 5 rings (SSSR count). The number of nitrogens with zero attached hydrogens (tertiary/aromatic N) is 5. The number of carbonyl (C=O) groups is 1. The lowest BCUT2D eigenvalue weighted by molar-refractivity contribution is 0.0369. The van der Waals surface area contributed by atoms with Crippen molar-refractivity contribution in [2.45, 2.75) is 13.0 Å². The number of nitrogens with one attached hydrogen (secondary N) is 1. The van der Waals surface area contributed by atoms with Gasteiger partial charge >= 0.3 is 0 Å². The second kappa shape index (κ2) is 10.6. The molecule has 34 heavy (non-hydrogen) atoms. The summed E-state index contributed by atoms with van der Waals surface area (Å²) >= 11 is 0. The molecule has 1 amide bonds. The molecule has 0 radical (unpaired) electrons. The number of nitrogens with two attached hydrogens (primary N) is 1. The van der Waals surface area contributed by atoms with Crippen molar-refractivity contribution in [3.05, 3.63) is 29.8 Å². The number of aryl methyl sites for hydroxylation is 1. The number of para-hydroxylation sites is 2. The molecule has 2 fully saturated rings. The van der Waals surface area contributed by atoms with E-state index in [0.29, 0.717) is 35.6 Å². The molecular formula is C24H33N7O3. The van der Waals surface area contributed by atoms with Crippen molar-refractivity contribution in [2.75, 3.05) is 78.0 Å². The number of rotatable bonds is 8. The van der Waals surface area contributed by atoms with Gasteiger partial charge in [-0.05, 0) is 18.6 Å². The van der Waals surface area contributed by atoms with Crippen molar-refractivity contribution in [2.24, 2.45) is 0 Å². The van der Waals surface area contributed by atoms with Crippen LogP contribution in [0.25, 0.3) is 22.2 Å². The number of fused-ring (bicyclic) bond motifs is 2. The molecule has 3 N–H and O–H groups in total. The van der Waals surface area contributed by atoms with E-state index >= 15 is 0 Å². The largest absolute Gasteiger partial charge is 0.384 e. The zero-order chi connectivity index (χ0) is 23.3. The summed E-state index contributed by atoms with van der Waals surface area (Å²) in [6, 6.07) is 7.71. The minimum atomic E-state index is -0.202. The molecule has 10 nitrogen and oxygen atoms in total. The summed E-state index contributed by atoms with van der Waals surface area (Å²) in [5, 5.41) is 3.04. The first-order valence-electron chi connectivity index (χ1n) is 12.1. The monoisotopic (exact) mass is 467 g/mol. The average Bonchev–Trinajstić information content (AvgIpc) is 3.14. The van der Waals surface area contributed by atoms with Crippen LogP contribution >= 0.6 is 0 Å². The Morgan fingerprint density at radius 1 is 0.912 bits per heavy atom. The molecule has 0 atom stereocenters. The highest BCUT2D eigenvalue weighted by atomic mass is 16.5. The Bertz CT molecular complexity index is 1140. The van der Waals surface area contributed by atoms with Gasteiger partial charge in [-0.25, -0.2) is 9.97 Å². The van der Waals surface area contributed by atoms with Gasteiger partial charge in [-0.3, -0.25) is 14.6 Å². The van der Waals surface area contributed by atoms with E-state index in [0.717, 1.165) is 83.2 Å². The lowest BCUT2D eigenvalue weighted by Crippen LogP contribution is -2.41. The maximum absolute atomic E-state index is 13.3. The van der Waals surface area contributed by atoms with E-state index in [2.05, 4.69) is 15.1 Å². The number of ether oxygens (including phenoxy) is 2. The number of morpholine rings is 2. The van der Waals surface area contributed by atoms with Crippen molar-refractivity contribution in [1.29, 1.82) is 0 Å². The van der Waals surface area contributed by atoms with E-state index in [-0.39, 0.29) is 5.91 Å². The smallest absolute Gasteiger partial charge is 0.257 e. The molecular weight excluding hydrogens is 434 g/mol. The van der Waals surface area contributed by atoms with Crippen LogP contribution in [0.15, 0.2) is 24.3 Å². The topological polar surface area (TPSA) is 111 Å². The molecule has 0 bridgehead atoms. The molecule has 2 saturated heterocycles. The molecule has 1 aromatic carbocycles. The van der Waals surface area contributed by atoms with Crippen LogP contribution in [0.4, 0.5) is 5.82 Å². The summed E-state index contributed by atoms with van der Waals surface area (Å²) in [5.74, 6) is 0.225. The van der Waals surface area contributed by atoms with Gasteiger partial charge in [0.05, 0.1) is 37.5 Å². The van der Waals surface area contributed by atoms with Crippen LogP contribution < -0.4 is 11.1 Å². The average molecular weight is 468 g/mol. The first kappa shape index (κ1) is 23.0. The summed E-state index contributed by atoms with van der Waals surface area (Å²) < 4.78 is 12.8. The highest BCUT2D eigenvalue weighted by Gasteiger charge is 2.24. The Morgan fingerprint density at radius 2 is 1.53 bits per heavy atom. The van der Waals surface area contributed by atoms with Gasteiger partial charge in [-0.15, -0.1) is 0 Å². The number of carbonyl (C=O) groups excluding carboxylic acids is 1. The fourth-order valence-corrected chi connectivity index (χ4v) is 4.69. The minimum Gasteiger partial charge on any atom is -0.384 e. The van der Waals surface area contributed by atoms with Crippen LogP contribution in [0.2, 0.25) is 0 Å². The van der Waals surface area contributed by atoms with Gasteiger partial charge < -0.3 is 25.1 Å². The highest BCUT2D eigenvalue weighted by Crippen LogP contribution is 2.28. The molecule has 2 aliphatic heterocycles. The number of amides is 1. The third-order valence-electron chi connectivity index (χ3n) is 6.60. The third-order valence-corrected chi connectivity index (χ3v) is 6.60. The molecule has 182 valence electrons. The predicted molar refractivity (Wildman–Crippen MR) is 131 cm³/mol. The maximum atomic E-state index is 13.3.